The average Bonchev–Trinajstić information content (AvgIpc) is 2.78. The number of amides is 2. The van der Waals surface area contributed by atoms with E-state index in [9.17, 15) is 22.8 Å². The van der Waals surface area contributed by atoms with E-state index in [0.29, 0.717) is 39.1 Å². The van der Waals surface area contributed by atoms with Crippen LogP contribution in [0.3, 0.4) is 0 Å². The third-order valence-electron chi connectivity index (χ3n) is 5.28. The minimum atomic E-state index is -4.46. The highest BCUT2D eigenvalue weighted by Gasteiger charge is 2.30. The molecular formula is C23H26F3N3O2. The van der Waals surface area contributed by atoms with E-state index in [4.69, 9.17) is 0 Å². The zero-order valence-electron chi connectivity index (χ0n) is 17.2. The molecular weight excluding hydrogens is 407 g/mol. The van der Waals surface area contributed by atoms with Crippen molar-refractivity contribution in [1.82, 2.24) is 15.1 Å². The number of rotatable bonds is 7. The number of aryl methyl sites for hydroxylation is 1. The van der Waals surface area contributed by atoms with E-state index in [1.165, 1.54) is 17.0 Å². The van der Waals surface area contributed by atoms with Crippen molar-refractivity contribution in [2.75, 3.05) is 39.3 Å². The van der Waals surface area contributed by atoms with E-state index >= 15 is 0 Å². The summed E-state index contributed by atoms with van der Waals surface area (Å²) in [5.74, 6) is -0.591. The molecule has 1 fully saturated rings. The molecule has 1 aliphatic heterocycles. The van der Waals surface area contributed by atoms with Crippen LogP contribution in [0, 0.1) is 0 Å². The summed E-state index contributed by atoms with van der Waals surface area (Å²) in [4.78, 5) is 28.9. The van der Waals surface area contributed by atoms with Gasteiger partial charge in [-0.3, -0.25) is 9.59 Å². The molecule has 1 heterocycles. The summed E-state index contributed by atoms with van der Waals surface area (Å²) < 4.78 is 38.5. The van der Waals surface area contributed by atoms with Gasteiger partial charge in [0.1, 0.15) is 6.54 Å². The summed E-state index contributed by atoms with van der Waals surface area (Å²) in [5, 5.41) is 3.18. The van der Waals surface area contributed by atoms with E-state index in [1.54, 1.807) is 4.90 Å². The Balaban J connectivity index is 1.70. The molecule has 166 valence electrons. The molecule has 5 nitrogen and oxygen atoms in total. The molecule has 8 heteroatoms. The van der Waals surface area contributed by atoms with Gasteiger partial charge >= 0.3 is 6.18 Å². The Bertz CT molecular complexity index is 864. The molecule has 1 N–H and O–H groups in total. The molecule has 0 aromatic heterocycles. The summed E-state index contributed by atoms with van der Waals surface area (Å²) in [6, 6.07) is 13.9. The van der Waals surface area contributed by atoms with Crippen LogP contribution >= 0.6 is 0 Å². The van der Waals surface area contributed by atoms with Crippen molar-refractivity contribution in [3.8, 4) is 0 Å². The lowest BCUT2D eigenvalue weighted by molar-refractivity contribution is -0.137. The molecule has 0 atom stereocenters. The number of benzene rings is 2. The highest BCUT2D eigenvalue weighted by atomic mass is 19.4. The van der Waals surface area contributed by atoms with Gasteiger partial charge in [-0.15, -0.1) is 0 Å². The van der Waals surface area contributed by atoms with Gasteiger partial charge in [-0.05, 0) is 42.7 Å². The molecule has 2 aromatic rings. The van der Waals surface area contributed by atoms with Gasteiger partial charge in [0, 0.05) is 38.3 Å². The highest BCUT2D eigenvalue weighted by molar-refractivity contribution is 5.96. The summed E-state index contributed by atoms with van der Waals surface area (Å²) in [6.07, 6.45) is -3.08. The van der Waals surface area contributed by atoms with Crippen LogP contribution in [0.4, 0.5) is 13.2 Å². The van der Waals surface area contributed by atoms with E-state index in [-0.39, 0.29) is 18.0 Å². The molecule has 0 bridgehead atoms. The topological polar surface area (TPSA) is 52.7 Å². The fourth-order valence-corrected chi connectivity index (χ4v) is 3.53. The Morgan fingerprint density at radius 1 is 0.968 bits per heavy atom. The Hall–Kier alpha value is -2.87. The van der Waals surface area contributed by atoms with Crippen molar-refractivity contribution in [1.29, 1.82) is 0 Å². The van der Waals surface area contributed by atoms with Crippen LogP contribution < -0.4 is 5.32 Å². The first-order valence-electron chi connectivity index (χ1n) is 10.3. The molecule has 0 aliphatic carbocycles. The van der Waals surface area contributed by atoms with Crippen LogP contribution in [0.2, 0.25) is 0 Å². The van der Waals surface area contributed by atoms with Crippen LogP contribution in [-0.2, 0) is 17.4 Å². The zero-order chi connectivity index (χ0) is 22.3. The average molecular weight is 433 g/mol. The number of piperazine rings is 1. The van der Waals surface area contributed by atoms with Gasteiger partial charge in [0.25, 0.3) is 5.91 Å². The Morgan fingerprint density at radius 3 is 2.23 bits per heavy atom. The Morgan fingerprint density at radius 2 is 1.61 bits per heavy atom. The number of carbonyl (C=O) groups is 2. The van der Waals surface area contributed by atoms with E-state index in [1.807, 2.05) is 30.3 Å². The predicted molar refractivity (Wildman–Crippen MR) is 112 cm³/mol. The first-order valence-corrected chi connectivity index (χ1v) is 10.3. The zero-order valence-corrected chi connectivity index (χ0v) is 17.2. The van der Waals surface area contributed by atoms with Gasteiger partial charge in [-0.25, -0.2) is 0 Å². The molecule has 1 saturated heterocycles. The predicted octanol–water partition coefficient (Wildman–Crippen LogP) is 3.21. The lowest BCUT2D eigenvalue weighted by Crippen LogP contribution is -2.50. The van der Waals surface area contributed by atoms with Crippen molar-refractivity contribution in [2.45, 2.75) is 19.0 Å². The molecule has 2 amide bonds. The largest absolute Gasteiger partial charge is 0.416 e. The normalized spacial score (nSPS) is 14.4. The number of hydrogen-bond acceptors (Lipinski definition) is 3. The minimum Gasteiger partial charge on any atom is -0.339 e. The van der Waals surface area contributed by atoms with Crippen molar-refractivity contribution in [3.05, 3.63) is 71.3 Å². The maximum atomic E-state index is 13.0. The van der Waals surface area contributed by atoms with Crippen LogP contribution in [0.15, 0.2) is 54.6 Å². The van der Waals surface area contributed by atoms with E-state index in [0.717, 1.165) is 24.1 Å². The molecule has 1 aliphatic rings. The minimum absolute atomic E-state index is 0.0886. The smallest absolute Gasteiger partial charge is 0.339 e. The first kappa shape index (κ1) is 22.8. The lowest BCUT2D eigenvalue weighted by Gasteiger charge is -2.30. The van der Waals surface area contributed by atoms with Crippen LogP contribution in [-0.4, -0.2) is 60.9 Å². The summed E-state index contributed by atoms with van der Waals surface area (Å²) in [5.41, 5.74) is 0.454. The van der Waals surface area contributed by atoms with Gasteiger partial charge < -0.3 is 15.1 Å². The molecule has 0 saturated carbocycles. The third kappa shape index (κ3) is 6.55. The summed E-state index contributed by atoms with van der Waals surface area (Å²) in [6.45, 7) is 2.80. The number of alkyl halides is 3. The molecule has 0 spiro atoms. The fourth-order valence-electron chi connectivity index (χ4n) is 3.53. The molecule has 3 rings (SSSR count). The van der Waals surface area contributed by atoms with Crippen LogP contribution in [0.1, 0.15) is 27.9 Å². The van der Waals surface area contributed by atoms with Gasteiger partial charge in [0.05, 0.1) is 5.56 Å². The summed E-state index contributed by atoms with van der Waals surface area (Å²) >= 11 is 0. The first-order chi connectivity index (χ1) is 14.8. The van der Waals surface area contributed by atoms with Crippen LogP contribution in [0.5, 0.6) is 0 Å². The van der Waals surface area contributed by atoms with Crippen molar-refractivity contribution in [2.24, 2.45) is 0 Å². The standard InChI is InChI=1S/C23H26F3N3O2/c24-23(25,26)20-10-8-19(9-11-20)22(31)29(14-4-7-18-5-2-1-3-6-18)17-21(30)28-15-12-27-13-16-28/h1-3,5-6,8-11,27H,4,7,12-17H2. The highest BCUT2D eigenvalue weighted by Crippen LogP contribution is 2.29. The van der Waals surface area contributed by atoms with Crippen molar-refractivity contribution >= 4 is 11.8 Å². The van der Waals surface area contributed by atoms with Crippen LogP contribution in [0.25, 0.3) is 0 Å². The van der Waals surface area contributed by atoms with Crippen molar-refractivity contribution < 1.29 is 22.8 Å². The molecule has 2 aromatic carbocycles. The van der Waals surface area contributed by atoms with Gasteiger partial charge in [-0.2, -0.15) is 13.2 Å². The van der Waals surface area contributed by atoms with E-state index in [2.05, 4.69) is 5.32 Å². The quantitative estimate of drug-likeness (QED) is 0.730. The Labute approximate surface area is 179 Å². The van der Waals surface area contributed by atoms with E-state index < -0.39 is 17.6 Å². The monoisotopic (exact) mass is 433 g/mol. The Kier molecular flexibility index (Phi) is 7.68. The second-order valence-electron chi connectivity index (χ2n) is 7.52. The number of hydrogen-bond donors (Lipinski definition) is 1. The molecule has 31 heavy (non-hydrogen) atoms. The fraction of sp³-hybridized carbons (Fsp3) is 0.391. The molecule has 0 radical (unpaired) electrons. The number of nitrogens with one attached hydrogen (secondary N) is 1. The maximum absolute atomic E-state index is 13.0. The third-order valence-corrected chi connectivity index (χ3v) is 5.28. The number of halogens is 3. The maximum Gasteiger partial charge on any atom is 0.416 e. The summed E-state index contributed by atoms with van der Waals surface area (Å²) in [7, 11) is 0. The molecule has 0 unspecified atom stereocenters. The van der Waals surface area contributed by atoms with Gasteiger partial charge in [0.2, 0.25) is 5.91 Å². The number of carbonyl (C=O) groups excluding carboxylic acids is 2. The lowest BCUT2D eigenvalue weighted by atomic mass is 10.1. The second kappa shape index (κ2) is 10.4. The van der Waals surface area contributed by atoms with Crippen molar-refractivity contribution in [3.63, 3.8) is 0 Å². The second-order valence-corrected chi connectivity index (χ2v) is 7.52. The van der Waals surface area contributed by atoms with Gasteiger partial charge in [0.15, 0.2) is 0 Å². The van der Waals surface area contributed by atoms with Gasteiger partial charge in [-0.1, -0.05) is 30.3 Å². The number of nitrogens with zero attached hydrogens (tertiary/aromatic N) is 2. The SMILES string of the molecule is O=C(CN(CCCc1ccccc1)C(=O)c1ccc(C(F)(F)F)cc1)N1CCNCC1.